The monoisotopic (exact) mass is 518 g/mol. The largest absolute Gasteiger partial charge is 0.332 e. The molecule has 2 aromatic carbocycles. The zero-order chi connectivity index (χ0) is 26.7. The third-order valence-corrected chi connectivity index (χ3v) is 6.79. The van der Waals surface area contributed by atoms with Crippen LogP contribution in [0.4, 0.5) is 11.4 Å². The fourth-order valence-electron chi connectivity index (χ4n) is 4.15. The van der Waals surface area contributed by atoms with Gasteiger partial charge < -0.3 is 10.2 Å². The summed E-state index contributed by atoms with van der Waals surface area (Å²) < 4.78 is 2.05. The lowest BCUT2D eigenvalue weighted by molar-refractivity contribution is -0.118. The van der Waals surface area contributed by atoms with Crippen molar-refractivity contribution in [3.8, 4) is 11.8 Å². The molecule has 1 N–H and O–H groups in total. The van der Waals surface area contributed by atoms with Crippen LogP contribution in [-0.4, -0.2) is 28.0 Å². The average molecular weight is 519 g/mol. The Hall–Kier alpha value is -4.09. The van der Waals surface area contributed by atoms with Crippen molar-refractivity contribution < 1.29 is 9.59 Å². The van der Waals surface area contributed by atoms with Crippen LogP contribution in [0.25, 0.3) is 0 Å². The van der Waals surface area contributed by atoms with Crippen molar-refractivity contribution in [2.24, 2.45) is 7.05 Å². The van der Waals surface area contributed by atoms with Crippen LogP contribution in [-0.2, 0) is 36.0 Å². The van der Waals surface area contributed by atoms with E-state index < -0.39 is 11.2 Å². The van der Waals surface area contributed by atoms with Gasteiger partial charge in [-0.3, -0.25) is 23.5 Å². The number of aromatic nitrogens is 2. The Morgan fingerprint density at radius 2 is 1.78 bits per heavy atom. The molecule has 0 bridgehead atoms. The van der Waals surface area contributed by atoms with Crippen LogP contribution in [0.5, 0.6) is 0 Å². The van der Waals surface area contributed by atoms with Gasteiger partial charge in [0.15, 0.2) is 0 Å². The Morgan fingerprint density at radius 1 is 1.05 bits per heavy atom. The molecule has 37 heavy (non-hydrogen) atoms. The van der Waals surface area contributed by atoms with Crippen molar-refractivity contribution in [1.82, 2.24) is 9.13 Å². The smallest absolute Gasteiger partial charge is 0.319 e. The lowest BCUT2D eigenvalue weighted by atomic mass is 9.99. The molecule has 1 aliphatic heterocycles. The van der Waals surface area contributed by atoms with Crippen molar-refractivity contribution in [2.45, 2.75) is 39.2 Å². The molecular formula is C28H27ClN4O4. The molecule has 0 saturated heterocycles. The molecule has 2 heterocycles. The number of carbonyl (C=O) groups is 2. The summed E-state index contributed by atoms with van der Waals surface area (Å²) in [6.45, 7) is 1.91. The van der Waals surface area contributed by atoms with E-state index in [0.29, 0.717) is 19.3 Å². The van der Waals surface area contributed by atoms with Crippen LogP contribution in [0, 0.1) is 18.8 Å². The first-order chi connectivity index (χ1) is 17.7. The summed E-state index contributed by atoms with van der Waals surface area (Å²) in [5, 5.41) is 2.40. The third kappa shape index (κ3) is 5.68. The lowest BCUT2D eigenvalue weighted by Crippen LogP contribution is -2.40. The van der Waals surface area contributed by atoms with Gasteiger partial charge in [0.25, 0.3) is 5.56 Å². The van der Waals surface area contributed by atoms with Crippen LogP contribution < -0.4 is 21.5 Å². The maximum Gasteiger partial charge on any atom is 0.332 e. The Bertz CT molecular complexity index is 1560. The van der Waals surface area contributed by atoms with E-state index in [0.717, 1.165) is 37.1 Å². The molecule has 9 heteroatoms. The number of amides is 2. The highest BCUT2D eigenvalue weighted by atomic mass is 35.5. The number of anilines is 2. The van der Waals surface area contributed by atoms with Crippen molar-refractivity contribution in [3.63, 3.8) is 0 Å². The Morgan fingerprint density at radius 3 is 2.51 bits per heavy atom. The summed E-state index contributed by atoms with van der Waals surface area (Å²) in [5.41, 5.74) is 3.29. The van der Waals surface area contributed by atoms with Crippen LogP contribution in [0.1, 0.15) is 35.1 Å². The molecule has 0 aliphatic carbocycles. The summed E-state index contributed by atoms with van der Waals surface area (Å²) in [6.07, 6.45) is 1.75. The maximum absolute atomic E-state index is 12.7. The highest BCUT2D eigenvalue weighted by molar-refractivity contribution is 6.32. The van der Waals surface area contributed by atoms with Gasteiger partial charge in [-0.15, -0.1) is 0 Å². The highest BCUT2D eigenvalue weighted by Gasteiger charge is 2.21. The number of fused-ring (bicyclic) bond motifs is 1. The summed E-state index contributed by atoms with van der Waals surface area (Å²) in [6, 6.07) is 13.4. The Kier molecular flexibility index (Phi) is 7.65. The molecule has 3 aromatic rings. The van der Waals surface area contributed by atoms with Crippen molar-refractivity contribution in [1.29, 1.82) is 0 Å². The SMILES string of the molecule is Cc1ccc(CCC(=O)Nc2c(Cl)n(CC#Cc3ccc4c(c3)CCC(=O)N4C)c(=O)n(C)c2=O)cc1. The molecular weight excluding hydrogens is 492 g/mol. The lowest BCUT2D eigenvalue weighted by Gasteiger charge is -2.25. The van der Waals surface area contributed by atoms with E-state index >= 15 is 0 Å². The number of hydrogen-bond acceptors (Lipinski definition) is 4. The van der Waals surface area contributed by atoms with E-state index in [2.05, 4.69) is 17.2 Å². The average Bonchev–Trinajstić information content (AvgIpc) is 2.89. The minimum absolute atomic E-state index is 0.0759. The minimum Gasteiger partial charge on any atom is -0.319 e. The normalized spacial score (nSPS) is 12.5. The van der Waals surface area contributed by atoms with Gasteiger partial charge in [-0.25, -0.2) is 4.79 Å². The highest BCUT2D eigenvalue weighted by Crippen LogP contribution is 2.27. The number of nitrogens with zero attached hydrogens (tertiary/aromatic N) is 3. The predicted octanol–water partition coefficient (Wildman–Crippen LogP) is 3.04. The van der Waals surface area contributed by atoms with Crippen molar-refractivity contribution >= 4 is 34.8 Å². The Balaban J connectivity index is 1.52. The fraction of sp³-hybridized carbons (Fsp3) is 0.286. The summed E-state index contributed by atoms with van der Waals surface area (Å²) in [5.74, 6) is 5.63. The molecule has 0 unspecified atom stereocenters. The second-order valence-electron chi connectivity index (χ2n) is 9.03. The number of nitrogens with one attached hydrogen (secondary N) is 1. The number of carbonyl (C=O) groups excluding carboxylic acids is 2. The molecule has 0 fully saturated rings. The van der Waals surface area contributed by atoms with E-state index in [1.165, 1.54) is 7.05 Å². The molecule has 0 spiro atoms. The molecule has 8 nitrogen and oxygen atoms in total. The van der Waals surface area contributed by atoms with E-state index in [-0.39, 0.29) is 35.6 Å². The van der Waals surface area contributed by atoms with Gasteiger partial charge in [-0.05, 0) is 49.1 Å². The van der Waals surface area contributed by atoms with E-state index in [9.17, 15) is 19.2 Å². The van der Waals surface area contributed by atoms with Gasteiger partial charge in [0.05, 0.1) is 6.54 Å². The molecule has 0 radical (unpaired) electrons. The zero-order valence-electron chi connectivity index (χ0n) is 20.9. The number of aryl methyl sites for hydroxylation is 3. The first-order valence-electron chi connectivity index (χ1n) is 11.9. The minimum atomic E-state index is -0.684. The molecule has 0 atom stereocenters. The molecule has 1 aliphatic rings. The van der Waals surface area contributed by atoms with E-state index in [1.54, 1.807) is 11.9 Å². The van der Waals surface area contributed by atoms with Gasteiger partial charge in [-0.2, -0.15) is 0 Å². The molecule has 0 saturated carbocycles. The second-order valence-corrected chi connectivity index (χ2v) is 9.39. The first kappa shape index (κ1) is 26.0. The second kappa shape index (κ2) is 10.9. The molecule has 190 valence electrons. The van der Waals surface area contributed by atoms with Crippen LogP contribution >= 0.6 is 11.6 Å². The first-order valence-corrected chi connectivity index (χ1v) is 12.3. The quantitative estimate of drug-likeness (QED) is 0.415. The predicted molar refractivity (Wildman–Crippen MR) is 144 cm³/mol. The number of halogens is 1. The zero-order valence-corrected chi connectivity index (χ0v) is 21.7. The number of rotatable bonds is 5. The summed E-state index contributed by atoms with van der Waals surface area (Å²) in [7, 11) is 3.08. The Labute approximate surface area is 219 Å². The summed E-state index contributed by atoms with van der Waals surface area (Å²) in [4.78, 5) is 51.5. The van der Waals surface area contributed by atoms with E-state index in [1.807, 2.05) is 49.4 Å². The fourth-order valence-corrected chi connectivity index (χ4v) is 4.41. The van der Waals surface area contributed by atoms with Crippen molar-refractivity contribution in [2.75, 3.05) is 17.3 Å². The number of benzene rings is 2. The van der Waals surface area contributed by atoms with Crippen molar-refractivity contribution in [3.05, 3.63) is 90.7 Å². The van der Waals surface area contributed by atoms with Crippen LogP contribution in [0.15, 0.2) is 52.1 Å². The molecule has 4 rings (SSSR count). The maximum atomic E-state index is 12.7. The number of hydrogen-bond donors (Lipinski definition) is 1. The van der Waals surface area contributed by atoms with Gasteiger partial charge in [0, 0.05) is 38.2 Å². The summed E-state index contributed by atoms with van der Waals surface area (Å²) >= 11 is 6.41. The molecule has 2 amide bonds. The van der Waals surface area contributed by atoms with Gasteiger partial charge >= 0.3 is 5.69 Å². The standard InChI is InChI=1S/C28H27ClN4O4/c1-18-6-8-19(9-7-18)11-14-23(34)30-25-26(29)33(28(37)32(3)27(25)36)16-4-5-20-10-13-22-21(17-20)12-15-24(35)31(22)2/h6-10,13,17H,11-12,14-16H2,1-3H3,(H,30,34). The van der Waals surface area contributed by atoms with Gasteiger partial charge in [0.2, 0.25) is 11.8 Å². The third-order valence-electron chi connectivity index (χ3n) is 6.40. The van der Waals surface area contributed by atoms with Crippen LogP contribution in [0.3, 0.4) is 0 Å². The molecule has 1 aromatic heterocycles. The van der Waals surface area contributed by atoms with Gasteiger partial charge in [0.1, 0.15) is 10.8 Å². The van der Waals surface area contributed by atoms with Crippen LogP contribution in [0.2, 0.25) is 5.15 Å². The van der Waals surface area contributed by atoms with Gasteiger partial charge in [-0.1, -0.05) is 53.3 Å². The topological polar surface area (TPSA) is 93.4 Å². The van der Waals surface area contributed by atoms with E-state index in [4.69, 9.17) is 11.6 Å².